The zero-order chi connectivity index (χ0) is 28.4. The van der Waals surface area contributed by atoms with E-state index in [9.17, 15) is 13.2 Å². The summed E-state index contributed by atoms with van der Waals surface area (Å²) in [5.41, 5.74) is 1.38. The number of nitrogens with zero attached hydrogens (tertiary/aromatic N) is 4. The molecule has 5 aromatic rings. The molecule has 2 heterocycles. The molecule has 0 unspecified atom stereocenters. The summed E-state index contributed by atoms with van der Waals surface area (Å²) in [5, 5.41) is 11.3. The first kappa shape index (κ1) is 27.2. The highest BCUT2D eigenvalue weighted by atomic mass is 32.2. The van der Waals surface area contributed by atoms with Gasteiger partial charge in [0.05, 0.1) is 23.8 Å². The Morgan fingerprint density at radius 2 is 1.66 bits per heavy atom. The molecule has 0 saturated carbocycles. The van der Waals surface area contributed by atoms with Crippen molar-refractivity contribution in [1.29, 1.82) is 0 Å². The first-order valence-electron chi connectivity index (χ1n) is 13.3. The van der Waals surface area contributed by atoms with E-state index in [0.717, 1.165) is 16.5 Å². The molecule has 8 nitrogen and oxygen atoms in total. The molecular formula is C31H28N4O4S2. The van der Waals surface area contributed by atoms with E-state index >= 15 is 0 Å². The average Bonchev–Trinajstić information content (AvgIpc) is 3.68. The van der Waals surface area contributed by atoms with Gasteiger partial charge in [-0.3, -0.25) is 9.36 Å². The average molecular weight is 585 g/mol. The monoisotopic (exact) mass is 584 g/mol. The second kappa shape index (κ2) is 11.5. The van der Waals surface area contributed by atoms with Crippen molar-refractivity contribution in [2.75, 3.05) is 19.4 Å². The third-order valence-electron chi connectivity index (χ3n) is 7.25. The van der Waals surface area contributed by atoms with Crippen molar-refractivity contribution in [3.05, 3.63) is 108 Å². The normalized spacial score (nSPS) is 15.8. The number of hydrogen-bond acceptors (Lipinski definition) is 7. The topological polar surface area (TPSA) is 94.4 Å². The number of benzene rings is 4. The van der Waals surface area contributed by atoms with Crippen LogP contribution in [0.25, 0.3) is 16.5 Å². The van der Waals surface area contributed by atoms with Gasteiger partial charge in [-0.1, -0.05) is 60.3 Å². The van der Waals surface area contributed by atoms with Gasteiger partial charge in [-0.05, 0) is 72.1 Å². The van der Waals surface area contributed by atoms with Gasteiger partial charge in [-0.2, -0.15) is 4.31 Å². The maximum atomic E-state index is 13.9. The molecule has 0 spiro atoms. The smallest absolute Gasteiger partial charge is 0.243 e. The van der Waals surface area contributed by atoms with Gasteiger partial charge in [0.15, 0.2) is 16.8 Å². The number of rotatable bonds is 9. The molecule has 10 heteroatoms. The van der Waals surface area contributed by atoms with Crippen molar-refractivity contribution < 1.29 is 17.9 Å². The van der Waals surface area contributed by atoms with E-state index in [-0.39, 0.29) is 16.4 Å². The molecule has 0 N–H and O–H groups in total. The Bertz CT molecular complexity index is 1810. The van der Waals surface area contributed by atoms with Crippen LogP contribution in [0.1, 0.15) is 35.1 Å². The first-order chi connectivity index (χ1) is 20.0. The molecule has 1 atom stereocenters. The predicted molar refractivity (Wildman–Crippen MR) is 159 cm³/mol. The predicted octanol–water partition coefficient (Wildman–Crippen LogP) is 5.93. The Morgan fingerprint density at radius 1 is 0.927 bits per heavy atom. The lowest BCUT2D eigenvalue weighted by molar-refractivity contribution is 0.102. The van der Waals surface area contributed by atoms with Gasteiger partial charge in [-0.25, -0.2) is 8.42 Å². The number of methoxy groups -OCH3 is 1. The number of hydrogen-bond donors (Lipinski definition) is 0. The van der Waals surface area contributed by atoms with Gasteiger partial charge < -0.3 is 4.74 Å². The first-order valence-corrected chi connectivity index (χ1v) is 15.7. The fraction of sp³-hybridized carbons (Fsp3) is 0.194. The number of sulfonamides is 1. The van der Waals surface area contributed by atoms with Crippen LogP contribution in [0.2, 0.25) is 0 Å². The molecule has 208 valence electrons. The third kappa shape index (κ3) is 5.38. The van der Waals surface area contributed by atoms with E-state index in [1.807, 2.05) is 65.2 Å². The fourth-order valence-electron chi connectivity index (χ4n) is 5.15. The van der Waals surface area contributed by atoms with Crippen LogP contribution in [0.3, 0.4) is 0 Å². The number of Topliss-reactive ketones (excluding diaryl/α,β-unsaturated/α-hetero) is 1. The molecule has 0 bridgehead atoms. The molecule has 1 aromatic heterocycles. The van der Waals surface area contributed by atoms with Gasteiger partial charge in [0.1, 0.15) is 5.75 Å². The molecule has 0 radical (unpaired) electrons. The van der Waals surface area contributed by atoms with Gasteiger partial charge in [0.2, 0.25) is 10.0 Å². The number of carbonyl (C=O) groups is 1. The molecule has 4 aromatic carbocycles. The number of aromatic nitrogens is 3. The van der Waals surface area contributed by atoms with Gasteiger partial charge in [0.25, 0.3) is 0 Å². The number of fused-ring (bicyclic) bond motifs is 1. The van der Waals surface area contributed by atoms with E-state index in [1.165, 1.54) is 16.1 Å². The van der Waals surface area contributed by atoms with Crippen LogP contribution in [0.4, 0.5) is 0 Å². The van der Waals surface area contributed by atoms with Crippen molar-refractivity contribution in [2.45, 2.75) is 28.9 Å². The van der Waals surface area contributed by atoms with Crippen LogP contribution >= 0.6 is 11.8 Å². The summed E-state index contributed by atoms with van der Waals surface area (Å²) < 4.78 is 36.5. The number of ether oxygens (including phenoxy) is 1. The Labute approximate surface area is 243 Å². The van der Waals surface area contributed by atoms with E-state index in [0.29, 0.717) is 41.7 Å². The lowest BCUT2D eigenvalue weighted by Crippen LogP contribution is -2.32. The molecule has 6 rings (SSSR count). The zero-order valence-electron chi connectivity index (χ0n) is 22.4. The highest BCUT2D eigenvalue weighted by Gasteiger charge is 2.39. The largest absolute Gasteiger partial charge is 0.497 e. The summed E-state index contributed by atoms with van der Waals surface area (Å²) >= 11 is 1.28. The number of para-hydroxylation sites is 1. The maximum absolute atomic E-state index is 13.9. The van der Waals surface area contributed by atoms with Crippen LogP contribution in [0.15, 0.2) is 107 Å². The Kier molecular flexibility index (Phi) is 7.61. The standard InChI is InChI=1S/C31H28N4O4S2/c1-39-26-16-13-23(14-17-26)29(36)21-40-31-33-32-30(35(31)25-10-3-2-4-11-25)28-12-7-19-34(28)41(37,38)27-18-15-22-8-5-6-9-24(22)20-27/h2-6,8-11,13-18,20,28H,7,12,19,21H2,1H3/t28-/m1/s1. The van der Waals surface area contributed by atoms with Crippen LogP contribution < -0.4 is 4.74 Å². The molecule has 0 amide bonds. The molecule has 1 aliphatic heterocycles. The summed E-state index contributed by atoms with van der Waals surface area (Å²) in [5.74, 6) is 1.32. The molecule has 1 saturated heterocycles. The maximum Gasteiger partial charge on any atom is 0.243 e. The number of thioether (sulfide) groups is 1. The van der Waals surface area contributed by atoms with E-state index in [4.69, 9.17) is 4.74 Å². The summed E-state index contributed by atoms with van der Waals surface area (Å²) in [6, 6.07) is 29.0. The Hall–Kier alpha value is -3.99. The number of ketones is 1. The second-order valence-corrected chi connectivity index (χ2v) is 12.6. The van der Waals surface area contributed by atoms with Crippen LogP contribution in [-0.2, 0) is 10.0 Å². The highest BCUT2D eigenvalue weighted by Crippen LogP contribution is 2.38. The lowest BCUT2D eigenvalue weighted by atomic mass is 10.1. The van der Waals surface area contributed by atoms with Crippen LogP contribution in [-0.4, -0.2) is 52.7 Å². The quantitative estimate of drug-likeness (QED) is 0.157. The SMILES string of the molecule is COc1ccc(C(=O)CSc2nnc([C@H]3CCCN3S(=O)(=O)c3ccc4ccccc4c3)n2-c2ccccc2)cc1. The zero-order valence-corrected chi connectivity index (χ0v) is 24.0. The minimum atomic E-state index is -3.80. The van der Waals surface area contributed by atoms with Crippen LogP contribution in [0, 0.1) is 0 Å². The molecule has 0 aliphatic carbocycles. The molecular weight excluding hydrogens is 556 g/mol. The Balaban J connectivity index is 1.32. The molecule has 41 heavy (non-hydrogen) atoms. The van der Waals surface area contributed by atoms with Crippen molar-refractivity contribution in [3.63, 3.8) is 0 Å². The van der Waals surface area contributed by atoms with Gasteiger partial charge >= 0.3 is 0 Å². The van der Waals surface area contributed by atoms with Gasteiger partial charge in [0, 0.05) is 17.8 Å². The minimum absolute atomic E-state index is 0.0526. The minimum Gasteiger partial charge on any atom is -0.497 e. The summed E-state index contributed by atoms with van der Waals surface area (Å²) in [7, 11) is -2.22. The molecule has 1 aliphatic rings. The van der Waals surface area contributed by atoms with Crippen molar-refractivity contribution in [1.82, 2.24) is 19.1 Å². The summed E-state index contributed by atoms with van der Waals surface area (Å²) in [6.07, 6.45) is 1.32. The van der Waals surface area contributed by atoms with Gasteiger partial charge in [-0.15, -0.1) is 10.2 Å². The molecule has 1 fully saturated rings. The highest BCUT2D eigenvalue weighted by molar-refractivity contribution is 7.99. The van der Waals surface area contributed by atoms with E-state index in [1.54, 1.807) is 43.5 Å². The Morgan fingerprint density at radius 3 is 2.41 bits per heavy atom. The summed E-state index contributed by atoms with van der Waals surface area (Å²) in [4.78, 5) is 13.2. The second-order valence-electron chi connectivity index (χ2n) is 9.73. The lowest BCUT2D eigenvalue weighted by Gasteiger charge is -2.24. The van der Waals surface area contributed by atoms with Crippen molar-refractivity contribution in [2.24, 2.45) is 0 Å². The fourth-order valence-corrected chi connectivity index (χ4v) is 7.69. The van der Waals surface area contributed by atoms with E-state index < -0.39 is 16.1 Å². The third-order valence-corrected chi connectivity index (χ3v) is 10.1. The summed E-state index contributed by atoms with van der Waals surface area (Å²) in [6.45, 7) is 0.389. The van der Waals surface area contributed by atoms with Crippen LogP contribution in [0.5, 0.6) is 5.75 Å². The number of carbonyl (C=O) groups excluding carboxylic acids is 1. The van der Waals surface area contributed by atoms with E-state index in [2.05, 4.69) is 10.2 Å². The van der Waals surface area contributed by atoms with Crippen molar-refractivity contribution in [3.8, 4) is 11.4 Å². The van der Waals surface area contributed by atoms with Crippen molar-refractivity contribution >= 4 is 38.3 Å².